The van der Waals surface area contributed by atoms with E-state index in [9.17, 15) is 0 Å². The lowest BCUT2D eigenvalue weighted by atomic mass is 9.96. The maximum Gasteiger partial charge on any atom is 0.170 e. The number of rotatable bonds is 5. The molecule has 5 aromatic rings. The topological polar surface area (TPSA) is 70.9 Å². The second-order valence-corrected chi connectivity index (χ2v) is 8.78. The number of aromatic nitrogens is 5. The Morgan fingerprint density at radius 3 is 2.70 bits per heavy atom. The van der Waals surface area contributed by atoms with E-state index in [1.807, 2.05) is 18.2 Å². The summed E-state index contributed by atoms with van der Waals surface area (Å²) in [5.74, 6) is 2.00. The fourth-order valence-corrected chi connectivity index (χ4v) is 3.98. The van der Waals surface area contributed by atoms with Crippen molar-refractivity contribution in [3.05, 3.63) is 66.4 Å². The van der Waals surface area contributed by atoms with Crippen LogP contribution in [0.15, 0.2) is 54.7 Å². The minimum Gasteiger partial charge on any atom is -0.384 e. The van der Waals surface area contributed by atoms with Crippen LogP contribution in [0.5, 0.6) is 0 Å². The Morgan fingerprint density at radius 2 is 1.87 bits per heavy atom. The molecule has 0 saturated heterocycles. The summed E-state index contributed by atoms with van der Waals surface area (Å²) in [6.07, 6.45) is 3.96. The quantitative estimate of drug-likeness (QED) is 0.404. The van der Waals surface area contributed by atoms with Crippen molar-refractivity contribution in [3.8, 4) is 0 Å². The molecule has 30 heavy (non-hydrogen) atoms. The molecule has 0 aliphatic rings. The molecule has 0 aliphatic carbocycles. The van der Waals surface area contributed by atoms with Crippen LogP contribution in [0.1, 0.15) is 38.8 Å². The normalized spacial score (nSPS) is 12.2. The van der Waals surface area contributed by atoms with Gasteiger partial charge in [0, 0.05) is 30.3 Å². The number of nitrogens with zero attached hydrogens (tertiary/aromatic N) is 4. The number of nitrogens with one attached hydrogen (secondary N) is 2. The van der Waals surface area contributed by atoms with Gasteiger partial charge in [0.05, 0.1) is 16.4 Å². The number of pyridine rings is 1. The molecule has 0 bridgehead atoms. The molecule has 0 radical (unpaired) electrons. The van der Waals surface area contributed by atoms with Crippen LogP contribution in [0.3, 0.4) is 0 Å². The van der Waals surface area contributed by atoms with Crippen LogP contribution < -0.4 is 5.32 Å². The number of hydrogen-bond acceptors (Lipinski definition) is 4. The molecule has 0 unspecified atom stereocenters. The van der Waals surface area contributed by atoms with Crippen molar-refractivity contribution in [2.45, 2.75) is 39.0 Å². The molecular weight excluding hydrogens is 372 g/mol. The van der Waals surface area contributed by atoms with Crippen LogP contribution in [-0.2, 0) is 11.8 Å². The van der Waals surface area contributed by atoms with Gasteiger partial charge in [-0.1, -0.05) is 45.0 Å². The fourth-order valence-electron chi connectivity index (χ4n) is 3.98. The van der Waals surface area contributed by atoms with E-state index in [0.717, 1.165) is 64.2 Å². The number of aromatic amines is 1. The zero-order valence-corrected chi connectivity index (χ0v) is 17.6. The summed E-state index contributed by atoms with van der Waals surface area (Å²) in [6.45, 7) is 7.35. The van der Waals surface area contributed by atoms with Crippen LogP contribution in [0.25, 0.3) is 27.5 Å². The van der Waals surface area contributed by atoms with Gasteiger partial charge in [-0.05, 0) is 36.1 Å². The summed E-state index contributed by atoms with van der Waals surface area (Å²) in [7, 11) is 0. The van der Waals surface area contributed by atoms with Crippen molar-refractivity contribution in [2.75, 3.05) is 11.9 Å². The van der Waals surface area contributed by atoms with Gasteiger partial charge < -0.3 is 10.3 Å². The predicted octanol–water partition coefficient (Wildman–Crippen LogP) is 5.10. The molecule has 5 rings (SSSR count). The maximum atomic E-state index is 4.67. The van der Waals surface area contributed by atoms with E-state index in [2.05, 4.69) is 87.2 Å². The number of imidazole rings is 1. The van der Waals surface area contributed by atoms with E-state index < -0.39 is 0 Å². The number of benzene rings is 2. The van der Waals surface area contributed by atoms with Crippen molar-refractivity contribution in [1.82, 2.24) is 24.6 Å². The molecule has 3 aromatic heterocycles. The lowest BCUT2D eigenvalue weighted by Gasteiger charge is -2.16. The zero-order valence-electron chi connectivity index (χ0n) is 17.6. The van der Waals surface area contributed by atoms with Gasteiger partial charge in [0.25, 0.3) is 0 Å². The summed E-state index contributed by atoms with van der Waals surface area (Å²) >= 11 is 0. The molecule has 6 nitrogen and oxygen atoms in total. The van der Waals surface area contributed by atoms with Gasteiger partial charge in [-0.15, -0.1) is 10.2 Å². The smallest absolute Gasteiger partial charge is 0.170 e. The largest absolute Gasteiger partial charge is 0.384 e. The van der Waals surface area contributed by atoms with Crippen molar-refractivity contribution < 1.29 is 0 Å². The van der Waals surface area contributed by atoms with E-state index in [4.69, 9.17) is 0 Å². The minimum absolute atomic E-state index is 0.0674. The van der Waals surface area contributed by atoms with Crippen LogP contribution in [-0.4, -0.2) is 31.1 Å². The van der Waals surface area contributed by atoms with E-state index in [0.29, 0.717) is 0 Å². The molecule has 0 spiro atoms. The number of H-pyrrole nitrogens is 1. The van der Waals surface area contributed by atoms with Gasteiger partial charge >= 0.3 is 0 Å². The molecule has 0 saturated carbocycles. The summed E-state index contributed by atoms with van der Waals surface area (Å²) in [5, 5.41) is 14.9. The third-order valence-corrected chi connectivity index (χ3v) is 5.43. The predicted molar refractivity (Wildman–Crippen MR) is 122 cm³/mol. The second kappa shape index (κ2) is 7.13. The summed E-state index contributed by atoms with van der Waals surface area (Å²) < 4.78 is 2.11. The summed E-state index contributed by atoms with van der Waals surface area (Å²) in [4.78, 5) is 8.07. The fraction of sp³-hybridized carbons (Fsp3) is 0.292. The molecule has 152 valence electrons. The average Bonchev–Trinajstić information content (AvgIpc) is 3.34. The molecule has 0 amide bonds. The van der Waals surface area contributed by atoms with Gasteiger partial charge in [0.15, 0.2) is 5.65 Å². The average molecular weight is 399 g/mol. The lowest BCUT2D eigenvalue weighted by Crippen LogP contribution is -2.15. The number of hydrogen-bond donors (Lipinski definition) is 2. The van der Waals surface area contributed by atoms with Gasteiger partial charge in [-0.25, -0.2) is 4.98 Å². The highest BCUT2D eigenvalue weighted by Crippen LogP contribution is 2.30. The van der Waals surface area contributed by atoms with Crippen molar-refractivity contribution >= 4 is 33.1 Å². The van der Waals surface area contributed by atoms with E-state index >= 15 is 0 Å². The van der Waals surface area contributed by atoms with Gasteiger partial charge in [0.1, 0.15) is 11.6 Å². The van der Waals surface area contributed by atoms with E-state index in [1.54, 1.807) is 0 Å². The minimum atomic E-state index is -0.0674. The highest BCUT2D eigenvalue weighted by Gasteiger charge is 2.22. The standard InChI is InChI=1S/C24H26N6/c1-24(2,3)23-29-28-22-21-16(13-15-30(22)23)8-6-11-19(21)25-14-7-12-20-26-17-9-4-5-10-18(17)27-20/h4-6,8-11,13,15,25H,7,12,14H2,1-3H3,(H,26,27). The zero-order chi connectivity index (χ0) is 20.7. The van der Waals surface area contributed by atoms with Crippen molar-refractivity contribution in [3.63, 3.8) is 0 Å². The molecule has 2 N–H and O–H groups in total. The van der Waals surface area contributed by atoms with Gasteiger partial charge in [0.2, 0.25) is 0 Å². The maximum absolute atomic E-state index is 4.67. The first-order chi connectivity index (χ1) is 14.5. The molecule has 0 fully saturated rings. The van der Waals surface area contributed by atoms with Gasteiger partial charge in [-0.2, -0.15) is 0 Å². The van der Waals surface area contributed by atoms with Crippen LogP contribution in [0.4, 0.5) is 5.69 Å². The molecule has 2 aromatic carbocycles. The van der Waals surface area contributed by atoms with Crippen molar-refractivity contribution in [2.24, 2.45) is 0 Å². The molecule has 6 heteroatoms. The Hall–Kier alpha value is -3.41. The Balaban J connectivity index is 1.38. The third kappa shape index (κ3) is 3.28. The van der Waals surface area contributed by atoms with Gasteiger partial charge in [-0.3, -0.25) is 4.40 Å². The molecule has 0 atom stereocenters. The monoisotopic (exact) mass is 398 g/mol. The highest BCUT2D eigenvalue weighted by atomic mass is 15.3. The first-order valence-electron chi connectivity index (χ1n) is 10.5. The first-order valence-corrected chi connectivity index (χ1v) is 10.5. The second-order valence-electron chi connectivity index (χ2n) is 8.78. The number of fused-ring (bicyclic) bond motifs is 4. The van der Waals surface area contributed by atoms with Crippen LogP contribution in [0, 0.1) is 0 Å². The van der Waals surface area contributed by atoms with Crippen LogP contribution >= 0.6 is 0 Å². The SMILES string of the molecule is CC(C)(C)c1nnc2c3c(NCCCc4nc5ccccc5[nH]4)cccc3ccn12. The van der Waals surface area contributed by atoms with E-state index in [-0.39, 0.29) is 5.41 Å². The number of para-hydroxylation sites is 2. The van der Waals surface area contributed by atoms with E-state index in [1.165, 1.54) is 0 Å². The summed E-state index contributed by atoms with van der Waals surface area (Å²) in [5.41, 5.74) is 4.05. The summed E-state index contributed by atoms with van der Waals surface area (Å²) in [6, 6.07) is 16.6. The molecule has 0 aliphatic heterocycles. The Labute approximate surface area is 175 Å². The number of aryl methyl sites for hydroxylation is 1. The van der Waals surface area contributed by atoms with Crippen LogP contribution in [0.2, 0.25) is 0 Å². The van der Waals surface area contributed by atoms with Crippen molar-refractivity contribution in [1.29, 1.82) is 0 Å². The first kappa shape index (κ1) is 18.6. The Morgan fingerprint density at radius 1 is 1.00 bits per heavy atom. The Kier molecular flexibility index (Phi) is 4.42. The Bertz CT molecular complexity index is 1310. The third-order valence-electron chi connectivity index (χ3n) is 5.43. The lowest BCUT2D eigenvalue weighted by molar-refractivity contribution is 0.539. The highest BCUT2D eigenvalue weighted by molar-refractivity contribution is 6.03. The molecular formula is C24H26N6. The molecule has 3 heterocycles. The number of anilines is 1.